The van der Waals surface area contributed by atoms with E-state index >= 15 is 0 Å². The van der Waals surface area contributed by atoms with E-state index in [1.807, 2.05) is 54.6 Å². The molecule has 2 nitrogen and oxygen atoms in total. The second-order valence-electron chi connectivity index (χ2n) is 4.33. The van der Waals surface area contributed by atoms with Crippen LogP contribution < -0.4 is 0 Å². The summed E-state index contributed by atoms with van der Waals surface area (Å²) in [5.74, 6) is -0.0502. The van der Waals surface area contributed by atoms with Gasteiger partial charge in [0.15, 0.2) is 5.78 Å². The summed E-state index contributed by atoms with van der Waals surface area (Å²) in [6.45, 7) is 0. The van der Waals surface area contributed by atoms with Crippen LogP contribution in [0.1, 0.15) is 22.3 Å². The Kier molecular flexibility index (Phi) is 4.65. The fraction of sp³-hybridized carbons (Fsp3) is 0.118. The van der Waals surface area contributed by atoms with Gasteiger partial charge in [0.1, 0.15) is 0 Å². The highest BCUT2D eigenvalue weighted by atomic mass is 16.3. The third kappa shape index (κ3) is 4.19. The van der Waals surface area contributed by atoms with E-state index < -0.39 is 6.10 Å². The molecule has 2 aromatic rings. The average molecular weight is 252 g/mol. The summed E-state index contributed by atoms with van der Waals surface area (Å²) in [4.78, 5) is 11.9. The molecule has 0 heterocycles. The first-order chi connectivity index (χ1) is 9.25. The Hall–Kier alpha value is -2.19. The first-order valence-electron chi connectivity index (χ1n) is 6.25. The molecule has 2 aromatic carbocycles. The van der Waals surface area contributed by atoms with E-state index in [0.717, 1.165) is 5.56 Å². The minimum atomic E-state index is -0.757. The number of rotatable bonds is 5. The van der Waals surface area contributed by atoms with Crippen LogP contribution in [-0.4, -0.2) is 17.0 Å². The van der Waals surface area contributed by atoms with Crippen molar-refractivity contribution in [2.75, 3.05) is 0 Å². The molecule has 0 aliphatic carbocycles. The van der Waals surface area contributed by atoms with Gasteiger partial charge in [-0.2, -0.15) is 0 Å². The van der Waals surface area contributed by atoms with Crippen molar-refractivity contribution in [3.05, 3.63) is 77.9 Å². The molecule has 1 unspecified atom stereocenters. The number of aliphatic hydroxyl groups excluding tert-OH is 1. The highest BCUT2D eigenvalue weighted by Crippen LogP contribution is 2.08. The van der Waals surface area contributed by atoms with E-state index in [-0.39, 0.29) is 12.2 Å². The summed E-state index contributed by atoms with van der Waals surface area (Å²) in [6, 6.07) is 18.7. The fourth-order valence-electron chi connectivity index (χ4n) is 1.79. The summed E-state index contributed by atoms with van der Waals surface area (Å²) in [5, 5.41) is 9.83. The van der Waals surface area contributed by atoms with E-state index in [4.69, 9.17) is 0 Å². The van der Waals surface area contributed by atoms with Gasteiger partial charge in [-0.05, 0) is 5.56 Å². The Morgan fingerprint density at radius 1 is 1.00 bits per heavy atom. The van der Waals surface area contributed by atoms with Crippen LogP contribution in [0, 0.1) is 0 Å². The number of carbonyl (C=O) groups excluding carboxylic acids is 1. The van der Waals surface area contributed by atoms with Crippen molar-refractivity contribution in [1.82, 2.24) is 0 Å². The van der Waals surface area contributed by atoms with Crippen molar-refractivity contribution in [3.63, 3.8) is 0 Å². The highest BCUT2D eigenvalue weighted by molar-refractivity contribution is 5.96. The van der Waals surface area contributed by atoms with Crippen molar-refractivity contribution < 1.29 is 9.90 Å². The number of hydrogen-bond acceptors (Lipinski definition) is 2. The highest BCUT2D eigenvalue weighted by Gasteiger charge is 2.09. The molecule has 0 aromatic heterocycles. The molecular formula is C17H16O2. The molecule has 1 N–H and O–H groups in total. The van der Waals surface area contributed by atoms with E-state index in [9.17, 15) is 9.90 Å². The van der Waals surface area contributed by atoms with Gasteiger partial charge in [-0.3, -0.25) is 4.79 Å². The maximum absolute atomic E-state index is 11.9. The van der Waals surface area contributed by atoms with Crippen LogP contribution in [0.25, 0.3) is 6.08 Å². The maximum Gasteiger partial charge on any atom is 0.165 e. The van der Waals surface area contributed by atoms with Crippen molar-refractivity contribution in [3.8, 4) is 0 Å². The molecule has 0 amide bonds. The van der Waals surface area contributed by atoms with E-state index in [0.29, 0.717) is 5.56 Å². The van der Waals surface area contributed by atoms with E-state index in [2.05, 4.69) is 0 Å². The van der Waals surface area contributed by atoms with Crippen LogP contribution in [0.5, 0.6) is 0 Å². The fourth-order valence-corrected chi connectivity index (χ4v) is 1.79. The zero-order valence-electron chi connectivity index (χ0n) is 10.6. The SMILES string of the molecule is O=C(CC(O)C=Cc1ccccc1)c1ccccc1. The number of aliphatic hydroxyl groups is 1. The predicted molar refractivity (Wildman–Crippen MR) is 76.9 cm³/mol. The van der Waals surface area contributed by atoms with Crippen LogP contribution in [0.4, 0.5) is 0 Å². The van der Waals surface area contributed by atoms with Crippen LogP contribution in [0.15, 0.2) is 66.7 Å². The van der Waals surface area contributed by atoms with Gasteiger partial charge >= 0.3 is 0 Å². The van der Waals surface area contributed by atoms with Crippen LogP contribution >= 0.6 is 0 Å². The first-order valence-corrected chi connectivity index (χ1v) is 6.25. The molecule has 1 atom stereocenters. The van der Waals surface area contributed by atoms with Gasteiger partial charge in [-0.1, -0.05) is 72.8 Å². The number of Topliss-reactive ketones (excluding diaryl/α,β-unsaturated/α-hetero) is 1. The molecule has 19 heavy (non-hydrogen) atoms. The molecule has 0 saturated heterocycles. The maximum atomic E-state index is 11.9. The van der Waals surface area contributed by atoms with Crippen LogP contribution in [0.2, 0.25) is 0 Å². The zero-order chi connectivity index (χ0) is 13.5. The smallest absolute Gasteiger partial charge is 0.165 e. The van der Waals surface area contributed by atoms with Crippen molar-refractivity contribution >= 4 is 11.9 Å². The third-order valence-electron chi connectivity index (χ3n) is 2.80. The summed E-state index contributed by atoms with van der Waals surface area (Å²) < 4.78 is 0. The summed E-state index contributed by atoms with van der Waals surface area (Å²) in [5.41, 5.74) is 1.64. The lowest BCUT2D eigenvalue weighted by Gasteiger charge is -2.04. The Balaban J connectivity index is 1.93. The quantitative estimate of drug-likeness (QED) is 0.829. The lowest BCUT2D eigenvalue weighted by Crippen LogP contribution is -2.10. The van der Waals surface area contributed by atoms with Gasteiger partial charge in [0.05, 0.1) is 6.10 Å². The molecule has 0 spiro atoms. The largest absolute Gasteiger partial charge is 0.389 e. The van der Waals surface area contributed by atoms with E-state index in [1.54, 1.807) is 18.2 Å². The number of benzene rings is 2. The van der Waals surface area contributed by atoms with Gasteiger partial charge in [0.2, 0.25) is 0 Å². The molecule has 2 rings (SSSR count). The number of hydrogen-bond donors (Lipinski definition) is 1. The molecule has 0 fully saturated rings. The molecule has 0 radical (unpaired) electrons. The third-order valence-corrected chi connectivity index (χ3v) is 2.80. The Morgan fingerprint density at radius 2 is 1.58 bits per heavy atom. The van der Waals surface area contributed by atoms with Crippen molar-refractivity contribution in [2.45, 2.75) is 12.5 Å². The van der Waals surface area contributed by atoms with Crippen LogP contribution in [0.3, 0.4) is 0 Å². The molecular weight excluding hydrogens is 236 g/mol. The summed E-state index contributed by atoms with van der Waals surface area (Å²) in [6.07, 6.45) is 2.82. The lowest BCUT2D eigenvalue weighted by atomic mass is 10.0. The number of ketones is 1. The normalized spacial score (nSPS) is 12.5. The molecule has 96 valence electrons. The summed E-state index contributed by atoms with van der Waals surface area (Å²) in [7, 11) is 0. The topological polar surface area (TPSA) is 37.3 Å². The standard InChI is InChI=1S/C17H16O2/c18-16(12-11-14-7-3-1-4-8-14)13-17(19)15-9-5-2-6-10-15/h1-12,16,18H,13H2. The van der Waals surface area contributed by atoms with Crippen LogP contribution in [-0.2, 0) is 0 Å². The second kappa shape index (κ2) is 6.66. The molecule has 2 heteroatoms. The minimum absolute atomic E-state index is 0.0502. The monoisotopic (exact) mass is 252 g/mol. The predicted octanol–water partition coefficient (Wildman–Crippen LogP) is 3.33. The Morgan fingerprint density at radius 3 is 2.21 bits per heavy atom. The van der Waals surface area contributed by atoms with Gasteiger partial charge in [-0.15, -0.1) is 0 Å². The lowest BCUT2D eigenvalue weighted by molar-refractivity contribution is 0.0923. The van der Waals surface area contributed by atoms with Crippen molar-refractivity contribution in [2.24, 2.45) is 0 Å². The van der Waals surface area contributed by atoms with Gasteiger partial charge in [0.25, 0.3) is 0 Å². The summed E-state index contributed by atoms with van der Waals surface area (Å²) >= 11 is 0. The molecule has 0 bridgehead atoms. The first kappa shape index (κ1) is 13.2. The Bertz CT molecular complexity index is 544. The molecule has 0 aliphatic rings. The minimum Gasteiger partial charge on any atom is -0.389 e. The van der Waals surface area contributed by atoms with Gasteiger partial charge in [-0.25, -0.2) is 0 Å². The van der Waals surface area contributed by atoms with E-state index in [1.165, 1.54) is 0 Å². The molecule has 0 aliphatic heterocycles. The second-order valence-corrected chi connectivity index (χ2v) is 4.33. The van der Waals surface area contributed by atoms with Gasteiger partial charge in [0, 0.05) is 12.0 Å². The number of carbonyl (C=O) groups is 1. The van der Waals surface area contributed by atoms with Crippen molar-refractivity contribution in [1.29, 1.82) is 0 Å². The Labute approximate surface area is 113 Å². The van der Waals surface area contributed by atoms with Gasteiger partial charge < -0.3 is 5.11 Å². The molecule has 0 saturated carbocycles. The zero-order valence-corrected chi connectivity index (χ0v) is 10.6. The average Bonchev–Trinajstić information content (AvgIpc) is 2.47.